The molecule has 3 unspecified atom stereocenters. The van der Waals surface area contributed by atoms with Crippen molar-refractivity contribution in [3.63, 3.8) is 0 Å². The average Bonchev–Trinajstić information content (AvgIpc) is 2.32. The number of rotatable bonds is 6. The lowest BCUT2D eigenvalue weighted by Crippen LogP contribution is -2.20. The normalized spacial score (nSPS) is 15.7. The van der Waals surface area contributed by atoms with E-state index >= 15 is 0 Å². The van der Waals surface area contributed by atoms with Crippen LogP contribution in [0, 0.1) is 5.92 Å². The van der Waals surface area contributed by atoms with Crippen molar-refractivity contribution in [1.82, 2.24) is 0 Å². The molecule has 0 aromatic rings. The van der Waals surface area contributed by atoms with Gasteiger partial charge in [0.25, 0.3) is 10.1 Å². The second kappa shape index (κ2) is 9.54. The molecule has 0 aliphatic rings. The van der Waals surface area contributed by atoms with Gasteiger partial charge in [-0.05, 0) is 24.4 Å². The molecule has 0 fully saturated rings. The molecule has 0 heterocycles. The maximum atomic E-state index is 10.7. The van der Waals surface area contributed by atoms with E-state index in [1.54, 1.807) is 6.92 Å². The second-order valence-electron chi connectivity index (χ2n) is 5.81. The lowest BCUT2D eigenvalue weighted by atomic mass is 9.95. The highest BCUT2D eigenvalue weighted by atomic mass is 32.2. The van der Waals surface area contributed by atoms with E-state index in [-0.39, 0.29) is 12.0 Å². The van der Waals surface area contributed by atoms with E-state index in [9.17, 15) is 13.2 Å². The smallest absolute Gasteiger partial charge is 0.271 e. The predicted molar refractivity (Wildman–Crippen MR) is 91.8 cm³/mol. The zero-order valence-electron chi connectivity index (χ0n) is 13.9. The molecular formula is C14H30NO4PS. The largest absolute Gasteiger partial charge is 0.366 e. The Morgan fingerprint density at radius 3 is 1.90 bits per heavy atom. The van der Waals surface area contributed by atoms with Crippen LogP contribution in [0.25, 0.3) is 0 Å². The summed E-state index contributed by atoms with van der Waals surface area (Å²) in [6.45, 7) is 12.0. The fraction of sp³-hybridized carbons (Fsp3) is 0.786. The van der Waals surface area contributed by atoms with E-state index in [0.29, 0.717) is 5.16 Å². The number of hydrogen-bond acceptors (Lipinski definition) is 3. The second-order valence-corrected chi connectivity index (χ2v) is 8.93. The average molecular weight is 339 g/mol. The first-order valence-electron chi connectivity index (χ1n) is 7.00. The number of hydrogen-bond donors (Lipinski definition) is 2. The van der Waals surface area contributed by atoms with Gasteiger partial charge in [-0.1, -0.05) is 47.1 Å². The van der Waals surface area contributed by atoms with Gasteiger partial charge >= 0.3 is 0 Å². The van der Waals surface area contributed by atoms with E-state index in [4.69, 9.17) is 10.3 Å². The third kappa shape index (κ3) is 10.9. The van der Waals surface area contributed by atoms with Crippen molar-refractivity contribution < 1.29 is 17.8 Å². The van der Waals surface area contributed by atoms with Gasteiger partial charge < -0.3 is 5.73 Å². The number of primary amides is 1. The summed E-state index contributed by atoms with van der Waals surface area (Å²) in [6, 6.07) is 0. The minimum Gasteiger partial charge on any atom is -0.366 e. The molecule has 7 heteroatoms. The van der Waals surface area contributed by atoms with Gasteiger partial charge in [0.2, 0.25) is 5.91 Å². The summed E-state index contributed by atoms with van der Waals surface area (Å²) in [4.78, 5) is 10.6. The van der Waals surface area contributed by atoms with Crippen LogP contribution in [0.4, 0.5) is 0 Å². The zero-order chi connectivity index (χ0) is 17.4. The topological polar surface area (TPSA) is 97.5 Å². The Balaban J connectivity index is 0. The number of amides is 1. The van der Waals surface area contributed by atoms with Crippen LogP contribution in [0.3, 0.4) is 0 Å². The number of carbonyl (C=O) groups excluding carboxylic acids is 1. The molecule has 0 saturated carbocycles. The molecule has 3 N–H and O–H groups in total. The summed E-state index contributed by atoms with van der Waals surface area (Å²) >= 11 is 0. The Morgan fingerprint density at radius 1 is 1.33 bits per heavy atom. The molecule has 5 nitrogen and oxygen atoms in total. The fourth-order valence-corrected chi connectivity index (χ4v) is 2.33. The molecule has 0 bridgehead atoms. The summed E-state index contributed by atoms with van der Waals surface area (Å²) in [6.07, 6.45) is 2.62. The molecule has 126 valence electrons. The maximum Gasteiger partial charge on any atom is 0.271 e. The SMILES string of the molecule is CCC(C)C(C)(C)P.CCC(C=C(C)C(N)=O)S(=O)(=O)O. The van der Waals surface area contributed by atoms with E-state index in [0.717, 1.165) is 12.0 Å². The van der Waals surface area contributed by atoms with Crippen molar-refractivity contribution >= 4 is 25.3 Å². The Bertz CT molecular complexity index is 452. The van der Waals surface area contributed by atoms with Crippen LogP contribution in [-0.2, 0) is 14.9 Å². The van der Waals surface area contributed by atoms with Gasteiger partial charge in [0.15, 0.2) is 0 Å². The molecule has 0 aromatic heterocycles. The van der Waals surface area contributed by atoms with Crippen molar-refractivity contribution in [1.29, 1.82) is 0 Å². The van der Waals surface area contributed by atoms with Crippen LogP contribution in [-0.4, -0.2) is 29.3 Å². The highest BCUT2D eigenvalue weighted by molar-refractivity contribution is 7.86. The number of nitrogens with two attached hydrogens (primary N) is 1. The summed E-state index contributed by atoms with van der Waals surface area (Å²) < 4.78 is 30.0. The lowest BCUT2D eigenvalue weighted by molar-refractivity contribution is -0.114. The van der Waals surface area contributed by atoms with E-state index in [1.165, 1.54) is 13.3 Å². The first-order chi connectivity index (χ1) is 9.27. The van der Waals surface area contributed by atoms with Gasteiger partial charge in [0.1, 0.15) is 5.25 Å². The molecule has 1 amide bonds. The highest BCUT2D eigenvalue weighted by Crippen LogP contribution is 2.28. The third-order valence-electron chi connectivity index (χ3n) is 3.49. The Labute approximate surface area is 131 Å². The third-order valence-corrected chi connectivity index (χ3v) is 5.30. The zero-order valence-corrected chi connectivity index (χ0v) is 15.9. The summed E-state index contributed by atoms with van der Waals surface area (Å²) in [7, 11) is -1.25. The van der Waals surface area contributed by atoms with Crippen molar-refractivity contribution in [2.24, 2.45) is 11.7 Å². The summed E-state index contributed by atoms with van der Waals surface area (Å²) in [5, 5.41) is -0.630. The molecule has 0 spiro atoms. The molecular weight excluding hydrogens is 309 g/mol. The van der Waals surface area contributed by atoms with Gasteiger partial charge in [-0.3, -0.25) is 9.35 Å². The van der Waals surface area contributed by atoms with Crippen molar-refractivity contribution in [3.05, 3.63) is 11.6 Å². The van der Waals surface area contributed by atoms with E-state index in [2.05, 4.69) is 36.9 Å². The van der Waals surface area contributed by atoms with Crippen LogP contribution >= 0.6 is 9.24 Å². The predicted octanol–water partition coefficient (Wildman–Crippen LogP) is 2.77. The van der Waals surface area contributed by atoms with Crippen LogP contribution in [0.2, 0.25) is 0 Å². The molecule has 0 aromatic carbocycles. The van der Waals surface area contributed by atoms with Crippen molar-refractivity contribution in [3.8, 4) is 0 Å². The lowest BCUT2D eigenvalue weighted by Gasteiger charge is -2.25. The first kappa shape index (κ1) is 22.8. The Kier molecular flexibility index (Phi) is 10.4. The Morgan fingerprint density at radius 2 is 1.76 bits per heavy atom. The molecule has 21 heavy (non-hydrogen) atoms. The fourth-order valence-electron chi connectivity index (χ4n) is 1.30. The van der Waals surface area contributed by atoms with Gasteiger partial charge in [0, 0.05) is 5.57 Å². The molecule has 0 saturated heterocycles. The van der Waals surface area contributed by atoms with Gasteiger partial charge in [-0.2, -0.15) is 8.42 Å². The quantitative estimate of drug-likeness (QED) is 0.442. The van der Waals surface area contributed by atoms with E-state index < -0.39 is 21.3 Å². The molecule has 0 aliphatic heterocycles. The minimum absolute atomic E-state index is 0.129. The molecule has 0 rings (SSSR count). The van der Waals surface area contributed by atoms with Crippen molar-refractivity contribution in [2.45, 2.75) is 64.8 Å². The minimum atomic E-state index is -4.13. The van der Waals surface area contributed by atoms with Gasteiger partial charge in [-0.15, -0.1) is 9.24 Å². The highest BCUT2D eigenvalue weighted by Gasteiger charge is 2.19. The number of carbonyl (C=O) groups is 1. The maximum absolute atomic E-state index is 10.7. The van der Waals surface area contributed by atoms with Gasteiger partial charge in [-0.25, -0.2) is 0 Å². The molecule has 3 atom stereocenters. The standard InChI is InChI=1S/C7H13NO4S.C7H17P/c1-3-6(13(10,11)12)4-5(2)7(8)9;1-5-6(2)7(3,4)8/h4,6H,3H2,1-2H3,(H2,8,9)(H,10,11,12);6H,5,8H2,1-4H3. The summed E-state index contributed by atoms with van der Waals surface area (Å²) in [5.74, 6) is 0.120. The molecule has 0 aliphatic carbocycles. The van der Waals surface area contributed by atoms with Crippen LogP contribution in [0.15, 0.2) is 11.6 Å². The van der Waals surface area contributed by atoms with Gasteiger partial charge in [0.05, 0.1) is 0 Å². The molecule has 0 radical (unpaired) electrons. The monoisotopic (exact) mass is 339 g/mol. The Hall–Kier alpha value is -0.450. The van der Waals surface area contributed by atoms with Crippen LogP contribution in [0.1, 0.15) is 54.4 Å². The first-order valence-corrected chi connectivity index (χ1v) is 9.08. The van der Waals surface area contributed by atoms with E-state index in [1.807, 2.05) is 0 Å². The van der Waals surface area contributed by atoms with Crippen LogP contribution in [0.5, 0.6) is 0 Å². The van der Waals surface area contributed by atoms with Crippen molar-refractivity contribution in [2.75, 3.05) is 0 Å². The summed E-state index contributed by atoms with van der Waals surface area (Å²) in [5.41, 5.74) is 5.03. The van der Waals surface area contributed by atoms with Crippen LogP contribution < -0.4 is 5.73 Å².